The van der Waals surface area contributed by atoms with Crippen LogP contribution in [0, 0.1) is 0 Å². The van der Waals surface area contributed by atoms with Crippen LogP contribution in [0.5, 0.6) is 0 Å². The highest BCUT2D eigenvalue weighted by molar-refractivity contribution is 5.78. The summed E-state index contributed by atoms with van der Waals surface area (Å²) in [5, 5.41) is 6.03. The third-order valence-electron chi connectivity index (χ3n) is 2.18. The molecule has 0 fully saturated rings. The molecule has 0 aromatic carbocycles. The summed E-state index contributed by atoms with van der Waals surface area (Å²) in [6.45, 7) is 9.54. The minimum atomic E-state index is 0.0591. The maximum Gasteiger partial charge on any atom is 0.233 e. The fraction of sp³-hybridized carbons (Fsp3) is 0.900. The SMILES string of the molecule is CCCNC(=O)CNC(C)(C)CC. The van der Waals surface area contributed by atoms with Crippen molar-refractivity contribution in [2.75, 3.05) is 13.1 Å². The molecular formula is C10H22N2O. The Morgan fingerprint density at radius 1 is 1.31 bits per heavy atom. The van der Waals surface area contributed by atoms with Crippen LogP contribution in [0.25, 0.3) is 0 Å². The number of nitrogens with one attached hydrogen (secondary N) is 2. The van der Waals surface area contributed by atoms with Crippen molar-refractivity contribution < 1.29 is 4.79 Å². The van der Waals surface area contributed by atoms with E-state index in [0.717, 1.165) is 19.4 Å². The van der Waals surface area contributed by atoms with E-state index >= 15 is 0 Å². The monoisotopic (exact) mass is 186 g/mol. The molecule has 2 N–H and O–H groups in total. The van der Waals surface area contributed by atoms with E-state index in [0.29, 0.717) is 6.54 Å². The molecular weight excluding hydrogens is 164 g/mol. The normalized spacial score (nSPS) is 11.4. The van der Waals surface area contributed by atoms with Crippen molar-refractivity contribution in [3.8, 4) is 0 Å². The molecule has 0 unspecified atom stereocenters. The molecule has 0 aliphatic heterocycles. The average molecular weight is 186 g/mol. The first-order valence-corrected chi connectivity index (χ1v) is 5.03. The Morgan fingerprint density at radius 3 is 2.38 bits per heavy atom. The van der Waals surface area contributed by atoms with Crippen molar-refractivity contribution in [3.63, 3.8) is 0 Å². The molecule has 3 nitrogen and oxygen atoms in total. The van der Waals surface area contributed by atoms with E-state index in [9.17, 15) is 4.79 Å². The minimum absolute atomic E-state index is 0.0591. The lowest BCUT2D eigenvalue weighted by atomic mass is 10.0. The van der Waals surface area contributed by atoms with Gasteiger partial charge in [0.05, 0.1) is 6.54 Å². The van der Waals surface area contributed by atoms with Gasteiger partial charge < -0.3 is 10.6 Å². The van der Waals surface area contributed by atoms with Gasteiger partial charge in [-0.15, -0.1) is 0 Å². The highest BCUT2D eigenvalue weighted by Crippen LogP contribution is 2.05. The summed E-state index contributed by atoms with van der Waals surface area (Å²) in [7, 11) is 0. The zero-order valence-electron chi connectivity index (χ0n) is 9.24. The number of carbonyl (C=O) groups excluding carboxylic acids is 1. The van der Waals surface area contributed by atoms with Crippen LogP contribution in [0.15, 0.2) is 0 Å². The molecule has 0 heterocycles. The smallest absolute Gasteiger partial charge is 0.233 e. The van der Waals surface area contributed by atoms with Crippen LogP contribution >= 0.6 is 0 Å². The van der Waals surface area contributed by atoms with Crippen molar-refractivity contribution in [1.82, 2.24) is 10.6 Å². The molecule has 3 heteroatoms. The Kier molecular flexibility index (Phi) is 5.71. The van der Waals surface area contributed by atoms with Crippen LogP contribution in [0.2, 0.25) is 0 Å². The maximum absolute atomic E-state index is 11.2. The van der Waals surface area contributed by atoms with Gasteiger partial charge in [0.2, 0.25) is 5.91 Å². The summed E-state index contributed by atoms with van der Waals surface area (Å²) < 4.78 is 0. The number of hydrogen-bond acceptors (Lipinski definition) is 2. The first-order valence-electron chi connectivity index (χ1n) is 5.03. The van der Waals surface area contributed by atoms with E-state index in [1.165, 1.54) is 0 Å². The zero-order valence-corrected chi connectivity index (χ0v) is 9.24. The van der Waals surface area contributed by atoms with Gasteiger partial charge in [-0.25, -0.2) is 0 Å². The van der Waals surface area contributed by atoms with Gasteiger partial charge in [-0.1, -0.05) is 13.8 Å². The number of amides is 1. The van der Waals surface area contributed by atoms with Gasteiger partial charge in [0, 0.05) is 12.1 Å². The van der Waals surface area contributed by atoms with Gasteiger partial charge in [-0.05, 0) is 26.7 Å². The van der Waals surface area contributed by atoms with Crippen molar-refractivity contribution in [3.05, 3.63) is 0 Å². The second-order valence-corrected chi connectivity index (χ2v) is 3.94. The molecule has 0 aromatic heterocycles. The molecule has 0 bridgehead atoms. The van der Waals surface area contributed by atoms with Gasteiger partial charge in [0.1, 0.15) is 0 Å². The number of carbonyl (C=O) groups is 1. The van der Waals surface area contributed by atoms with Crippen molar-refractivity contribution >= 4 is 5.91 Å². The van der Waals surface area contributed by atoms with E-state index in [4.69, 9.17) is 0 Å². The third-order valence-corrected chi connectivity index (χ3v) is 2.18. The van der Waals surface area contributed by atoms with Gasteiger partial charge >= 0.3 is 0 Å². The second-order valence-electron chi connectivity index (χ2n) is 3.94. The Balaban J connectivity index is 3.57. The lowest BCUT2D eigenvalue weighted by Crippen LogP contribution is -2.44. The second kappa shape index (κ2) is 5.97. The van der Waals surface area contributed by atoms with Gasteiger partial charge in [0.15, 0.2) is 0 Å². The fourth-order valence-electron chi connectivity index (χ4n) is 0.771. The van der Waals surface area contributed by atoms with Gasteiger partial charge in [0.25, 0.3) is 0 Å². The maximum atomic E-state index is 11.2. The Labute approximate surface area is 81.3 Å². The largest absolute Gasteiger partial charge is 0.355 e. The molecule has 13 heavy (non-hydrogen) atoms. The standard InChI is InChI=1S/C10H22N2O/c1-5-7-11-9(13)8-12-10(3,4)6-2/h12H,5-8H2,1-4H3,(H,11,13). The predicted molar refractivity (Wildman–Crippen MR) is 55.7 cm³/mol. The van der Waals surface area contributed by atoms with Crippen LogP contribution < -0.4 is 10.6 Å². The fourth-order valence-corrected chi connectivity index (χ4v) is 0.771. The summed E-state index contributed by atoms with van der Waals surface area (Å²) in [5.41, 5.74) is 0.0591. The number of hydrogen-bond donors (Lipinski definition) is 2. The summed E-state index contributed by atoms with van der Waals surface area (Å²) in [6.07, 6.45) is 2.01. The molecule has 0 spiro atoms. The first-order chi connectivity index (χ1) is 6.02. The number of rotatable bonds is 6. The van der Waals surface area contributed by atoms with Crippen LogP contribution in [0.4, 0.5) is 0 Å². The quantitative estimate of drug-likeness (QED) is 0.656. The van der Waals surface area contributed by atoms with Crippen molar-refractivity contribution in [2.45, 2.75) is 46.1 Å². The van der Waals surface area contributed by atoms with E-state index in [1.807, 2.05) is 6.92 Å². The van der Waals surface area contributed by atoms with Gasteiger partial charge in [-0.3, -0.25) is 4.79 Å². The lowest BCUT2D eigenvalue weighted by molar-refractivity contribution is -0.120. The molecule has 0 radical (unpaired) electrons. The molecule has 0 saturated carbocycles. The molecule has 78 valence electrons. The van der Waals surface area contributed by atoms with Crippen molar-refractivity contribution in [1.29, 1.82) is 0 Å². The average Bonchev–Trinajstić information content (AvgIpc) is 2.11. The van der Waals surface area contributed by atoms with Gasteiger partial charge in [-0.2, -0.15) is 0 Å². The predicted octanol–water partition coefficient (Wildman–Crippen LogP) is 1.29. The molecule has 0 aliphatic carbocycles. The molecule has 0 atom stereocenters. The topological polar surface area (TPSA) is 41.1 Å². The van der Waals surface area contributed by atoms with E-state index in [1.54, 1.807) is 0 Å². The highest BCUT2D eigenvalue weighted by atomic mass is 16.1. The van der Waals surface area contributed by atoms with Crippen LogP contribution in [0.3, 0.4) is 0 Å². The molecule has 0 aromatic rings. The molecule has 0 rings (SSSR count). The zero-order chi connectivity index (χ0) is 10.3. The van der Waals surface area contributed by atoms with Crippen molar-refractivity contribution in [2.24, 2.45) is 0 Å². The third kappa shape index (κ3) is 6.58. The summed E-state index contributed by atoms with van der Waals surface area (Å²) in [6, 6.07) is 0. The summed E-state index contributed by atoms with van der Waals surface area (Å²) in [4.78, 5) is 11.2. The van der Waals surface area contributed by atoms with Crippen LogP contribution in [-0.4, -0.2) is 24.5 Å². The Bertz CT molecular complexity index is 155. The van der Waals surface area contributed by atoms with Crippen LogP contribution in [-0.2, 0) is 4.79 Å². The van der Waals surface area contributed by atoms with E-state index in [-0.39, 0.29) is 11.4 Å². The highest BCUT2D eigenvalue weighted by Gasteiger charge is 2.14. The van der Waals surface area contributed by atoms with Crippen LogP contribution in [0.1, 0.15) is 40.5 Å². The lowest BCUT2D eigenvalue weighted by Gasteiger charge is -2.24. The van der Waals surface area contributed by atoms with E-state index < -0.39 is 0 Å². The molecule has 1 amide bonds. The van der Waals surface area contributed by atoms with E-state index in [2.05, 4.69) is 31.4 Å². The molecule has 0 saturated heterocycles. The Morgan fingerprint density at radius 2 is 1.92 bits per heavy atom. The Hall–Kier alpha value is -0.570. The first kappa shape index (κ1) is 12.4. The summed E-state index contributed by atoms with van der Waals surface area (Å²) in [5.74, 6) is 0.0865. The minimum Gasteiger partial charge on any atom is -0.355 e. The summed E-state index contributed by atoms with van der Waals surface area (Å²) >= 11 is 0. The molecule has 0 aliphatic rings.